The summed E-state index contributed by atoms with van der Waals surface area (Å²) in [5.74, 6) is 3.97. The zero-order valence-corrected chi connectivity index (χ0v) is 11.4. The SMILES string of the molecule is C[C@H]1CC[C@@H]2[C@H](C1)[C@H](C(C)(C)O)CC[C@H]2C. The van der Waals surface area contributed by atoms with Gasteiger partial charge in [-0.15, -0.1) is 0 Å². The van der Waals surface area contributed by atoms with Crippen molar-refractivity contribution in [2.75, 3.05) is 0 Å². The fourth-order valence-electron chi connectivity index (χ4n) is 4.37. The smallest absolute Gasteiger partial charge is 0.0622 e. The third-order valence-corrected chi connectivity index (χ3v) is 5.31. The molecule has 1 nitrogen and oxygen atoms in total. The lowest BCUT2D eigenvalue weighted by Gasteiger charge is -2.50. The minimum Gasteiger partial charge on any atom is -0.390 e. The molecule has 0 bridgehead atoms. The largest absolute Gasteiger partial charge is 0.390 e. The molecular weight excluding hydrogens is 196 g/mol. The van der Waals surface area contributed by atoms with Crippen LogP contribution in [0.15, 0.2) is 0 Å². The van der Waals surface area contributed by atoms with Gasteiger partial charge in [-0.2, -0.15) is 0 Å². The summed E-state index contributed by atoms with van der Waals surface area (Å²) < 4.78 is 0. The average Bonchev–Trinajstić information content (AvgIpc) is 2.15. The molecule has 0 aliphatic heterocycles. The first-order chi connectivity index (χ1) is 7.39. The van der Waals surface area contributed by atoms with Crippen LogP contribution in [0.4, 0.5) is 0 Å². The van der Waals surface area contributed by atoms with Gasteiger partial charge in [0, 0.05) is 0 Å². The molecule has 5 atom stereocenters. The molecule has 0 aromatic heterocycles. The maximum atomic E-state index is 10.4. The van der Waals surface area contributed by atoms with Crippen molar-refractivity contribution in [1.29, 1.82) is 0 Å². The van der Waals surface area contributed by atoms with Gasteiger partial charge in [0.1, 0.15) is 0 Å². The van der Waals surface area contributed by atoms with Crippen LogP contribution in [-0.2, 0) is 0 Å². The maximum absolute atomic E-state index is 10.4. The Morgan fingerprint density at radius 1 is 0.938 bits per heavy atom. The van der Waals surface area contributed by atoms with Crippen molar-refractivity contribution in [3.05, 3.63) is 0 Å². The Hall–Kier alpha value is -0.0400. The fourth-order valence-corrected chi connectivity index (χ4v) is 4.37. The molecule has 1 N–H and O–H groups in total. The van der Waals surface area contributed by atoms with Crippen LogP contribution in [0.5, 0.6) is 0 Å². The summed E-state index contributed by atoms with van der Waals surface area (Å²) in [5, 5.41) is 10.4. The number of fused-ring (bicyclic) bond motifs is 1. The van der Waals surface area contributed by atoms with E-state index in [0.29, 0.717) is 5.92 Å². The van der Waals surface area contributed by atoms with E-state index in [-0.39, 0.29) is 0 Å². The first-order valence-electron chi connectivity index (χ1n) is 7.12. The van der Waals surface area contributed by atoms with Gasteiger partial charge < -0.3 is 5.11 Å². The third kappa shape index (κ3) is 2.30. The zero-order valence-electron chi connectivity index (χ0n) is 11.4. The highest BCUT2D eigenvalue weighted by atomic mass is 16.3. The van der Waals surface area contributed by atoms with E-state index in [0.717, 1.165) is 23.7 Å². The van der Waals surface area contributed by atoms with Crippen LogP contribution in [0.3, 0.4) is 0 Å². The molecular formula is C15H28O. The molecule has 16 heavy (non-hydrogen) atoms. The van der Waals surface area contributed by atoms with E-state index in [1.807, 2.05) is 13.8 Å². The molecule has 2 fully saturated rings. The second-order valence-electron chi connectivity index (χ2n) is 7.06. The zero-order chi connectivity index (χ0) is 11.9. The van der Waals surface area contributed by atoms with Crippen LogP contribution in [-0.4, -0.2) is 10.7 Å². The van der Waals surface area contributed by atoms with E-state index in [2.05, 4.69) is 13.8 Å². The lowest BCUT2D eigenvalue weighted by molar-refractivity contribution is -0.0759. The van der Waals surface area contributed by atoms with Crippen LogP contribution >= 0.6 is 0 Å². The summed E-state index contributed by atoms with van der Waals surface area (Å²) in [5.41, 5.74) is -0.472. The number of hydrogen-bond acceptors (Lipinski definition) is 1. The van der Waals surface area contributed by atoms with Crippen molar-refractivity contribution in [2.24, 2.45) is 29.6 Å². The van der Waals surface area contributed by atoms with Crippen LogP contribution in [0, 0.1) is 29.6 Å². The first kappa shape index (κ1) is 12.4. The lowest BCUT2D eigenvalue weighted by atomic mass is 9.57. The van der Waals surface area contributed by atoms with Crippen molar-refractivity contribution in [3.63, 3.8) is 0 Å². The molecule has 2 saturated carbocycles. The Balaban J connectivity index is 2.16. The minimum atomic E-state index is -0.472. The summed E-state index contributed by atoms with van der Waals surface area (Å²) in [7, 11) is 0. The standard InChI is InChI=1S/C15H28O/c1-10-5-7-12-11(2)6-8-14(13(12)9-10)15(3,4)16/h10-14,16H,5-9H2,1-4H3/t10-,11+,12-,13-,14+/m0/s1. The first-order valence-corrected chi connectivity index (χ1v) is 7.12. The fraction of sp³-hybridized carbons (Fsp3) is 1.00. The average molecular weight is 224 g/mol. The molecule has 0 saturated heterocycles. The van der Waals surface area contributed by atoms with Crippen molar-refractivity contribution < 1.29 is 5.11 Å². The van der Waals surface area contributed by atoms with E-state index < -0.39 is 5.60 Å². The lowest BCUT2D eigenvalue weighted by Crippen LogP contribution is -2.46. The van der Waals surface area contributed by atoms with Gasteiger partial charge in [0.05, 0.1) is 5.60 Å². The van der Waals surface area contributed by atoms with Crippen molar-refractivity contribution in [2.45, 2.75) is 65.4 Å². The van der Waals surface area contributed by atoms with Gasteiger partial charge in [-0.25, -0.2) is 0 Å². The van der Waals surface area contributed by atoms with Gasteiger partial charge in [0.15, 0.2) is 0 Å². The maximum Gasteiger partial charge on any atom is 0.0622 e. The molecule has 2 aliphatic carbocycles. The van der Waals surface area contributed by atoms with Gasteiger partial charge in [-0.05, 0) is 62.7 Å². The highest BCUT2D eigenvalue weighted by Crippen LogP contribution is 2.51. The third-order valence-electron chi connectivity index (χ3n) is 5.31. The quantitative estimate of drug-likeness (QED) is 0.717. The Labute approximate surface area is 101 Å². The number of rotatable bonds is 1. The molecule has 94 valence electrons. The summed E-state index contributed by atoms with van der Waals surface area (Å²) >= 11 is 0. The van der Waals surface area contributed by atoms with Gasteiger partial charge in [-0.3, -0.25) is 0 Å². The predicted octanol–water partition coefficient (Wildman–Crippen LogP) is 3.86. The van der Waals surface area contributed by atoms with Gasteiger partial charge >= 0.3 is 0 Å². The number of aliphatic hydroxyl groups is 1. The van der Waals surface area contributed by atoms with Crippen LogP contribution in [0.2, 0.25) is 0 Å². The van der Waals surface area contributed by atoms with Crippen molar-refractivity contribution >= 4 is 0 Å². The van der Waals surface area contributed by atoms with Crippen molar-refractivity contribution in [3.8, 4) is 0 Å². The Kier molecular flexibility index (Phi) is 3.36. The minimum absolute atomic E-state index is 0.472. The topological polar surface area (TPSA) is 20.2 Å². The van der Waals surface area contributed by atoms with Gasteiger partial charge in [0.25, 0.3) is 0 Å². The van der Waals surface area contributed by atoms with E-state index >= 15 is 0 Å². The highest BCUT2D eigenvalue weighted by molar-refractivity contribution is 4.95. The molecule has 0 heterocycles. The molecule has 0 aromatic carbocycles. The van der Waals surface area contributed by atoms with Gasteiger partial charge in [-0.1, -0.05) is 26.7 Å². The normalized spacial score (nSPS) is 45.2. The van der Waals surface area contributed by atoms with Crippen molar-refractivity contribution in [1.82, 2.24) is 0 Å². The van der Waals surface area contributed by atoms with Crippen LogP contribution in [0.1, 0.15) is 59.8 Å². The second-order valence-corrected chi connectivity index (χ2v) is 7.06. The Morgan fingerprint density at radius 2 is 1.62 bits per heavy atom. The summed E-state index contributed by atoms with van der Waals surface area (Å²) in [6.45, 7) is 8.85. The van der Waals surface area contributed by atoms with Crippen LogP contribution in [0.25, 0.3) is 0 Å². The van der Waals surface area contributed by atoms with E-state index in [1.54, 1.807) is 0 Å². The predicted molar refractivity (Wildman–Crippen MR) is 68.2 cm³/mol. The van der Waals surface area contributed by atoms with E-state index in [4.69, 9.17) is 0 Å². The molecule has 0 aromatic rings. The van der Waals surface area contributed by atoms with Gasteiger partial charge in [0.2, 0.25) is 0 Å². The number of hydrogen-bond donors (Lipinski definition) is 1. The second kappa shape index (κ2) is 4.33. The molecule has 0 spiro atoms. The Morgan fingerprint density at radius 3 is 2.25 bits per heavy atom. The monoisotopic (exact) mass is 224 g/mol. The van der Waals surface area contributed by atoms with Crippen LogP contribution < -0.4 is 0 Å². The molecule has 1 heteroatoms. The highest BCUT2D eigenvalue weighted by Gasteiger charge is 2.45. The molecule has 2 aliphatic rings. The molecule has 0 amide bonds. The molecule has 0 radical (unpaired) electrons. The summed E-state index contributed by atoms with van der Waals surface area (Å²) in [6.07, 6.45) is 6.72. The Bertz CT molecular complexity index is 240. The molecule has 0 unspecified atom stereocenters. The van der Waals surface area contributed by atoms with E-state index in [9.17, 15) is 5.11 Å². The summed E-state index contributed by atoms with van der Waals surface area (Å²) in [4.78, 5) is 0. The van der Waals surface area contributed by atoms with E-state index in [1.165, 1.54) is 32.1 Å². The molecule has 2 rings (SSSR count). The summed E-state index contributed by atoms with van der Waals surface area (Å²) in [6, 6.07) is 0.